The maximum absolute atomic E-state index is 13.7. The second kappa shape index (κ2) is 11.6. The number of methoxy groups -OCH3 is 2. The van der Waals surface area contributed by atoms with Crippen LogP contribution < -0.4 is 19.1 Å². The van der Waals surface area contributed by atoms with Crippen LogP contribution in [0.15, 0.2) is 95.9 Å². The van der Waals surface area contributed by atoms with E-state index in [0.717, 1.165) is 5.56 Å². The van der Waals surface area contributed by atoms with Crippen LogP contribution >= 0.6 is 11.6 Å². The number of amides is 1. The quantitative estimate of drug-likeness (QED) is 0.264. The number of anilines is 2. The zero-order chi connectivity index (χ0) is 27.3. The second-order valence-corrected chi connectivity index (χ2v) is 10.8. The number of nitrogens with zero attached hydrogens (tertiary/aromatic N) is 1. The Hall–Kier alpha value is -4.01. The monoisotopic (exact) mass is 550 g/mol. The van der Waals surface area contributed by atoms with Crippen molar-refractivity contribution >= 4 is 38.9 Å². The van der Waals surface area contributed by atoms with E-state index < -0.39 is 10.0 Å². The fourth-order valence-corrected chi connectivity index (χ4v) is 5.60. The Kier molecular flexibility index (Phi) is 8.24. The highest BCUT2D eigenvalue weighted by Crippen LogP contribution is 2.32. The summed E-state index contributed by atoms with van der Waals surface area (Å²) < 4.78 is 39.3. The first-order valence-corrected chi connectivity index (χ1v) is 13.5. The molecule has 0 saturated heterocycles. The lowest BCUT2D eigenvalue weighted by Crippen LogP contribution is -2.31. The van der Waals surface area contributed by atoms with Crippen LogP contribution in [0.25, 0.3) is 0 Å². The number of hydrogen-bond donors (Lipinski definition) is 1. The van der Waals surface area contributed by atoms with E-state index in [1.165, 1.54) is 18.5 Å². The molecule has 1 amide bonds. The molecule has 38 heavy (non-hydrogen) atoms. The summed E-state index contributed by atoms with van der Waals surface area (Å²) in [5.41, 5.74) is 2.80. The number of benzene rings is 4. The van der Waals surface area contributed by atoms with Crippen LogP contribution in [0.3, 0.4) is 0 Å². The molecular formula is C29H27ClN2O5S. The third kappa shape index (κ3) is 5.93. The SMILES string of the molecule is COc1ccc(OC)c(NC(=O)c2ccc(CN(c3cc(Cl)ccc3C)S(=O)(=O)c3ccccc3)cc2)c1. The fraction of sp³-hybridized carbons (Fsp3) is 0.138. The van der Waals surface area contributed by atoms with E-state index >= 15 is 0 Å². The van der Waals surface area contributed by atoms with E-state index in [4.69, 9.17) is 21.1 Å². The van der Waals surface area contributed by atoms with Gasteiger partial charge in [-0.15, -0.1) is 0 Å². The van der Waals surface area contributed by atoms with Crippen molar-refractivity contribution in [3.63, 3.8) is 0 Å². The zero-order valence-corrected chi connectivity index (χ0v) is 22.7. The van der Waals surface area contributed by atoms with Crippen molar-refractivity contribution in [2.24, 2.45) is 0 Å². The van der Waals surface area contributed by atoms with E-state index in [2.05, 4.69) is 5.32 Å². The van der Waals surface area contributed by atoms with Gasteiger partial charge in [-0.3, -0.25) is 9.10 Å². The number of sulfonamides is 1. The van der Waals surface area contributed by atoms with Gasteiger partial charge in [-0.25, -0.2) is 8.42 Å². The zero-order valence-electron chi connectivity index (χ0n) is 21.1. The molecule has 0 spiro atoms. The van der Waals surface area contributed by atoms with Crippen molar-refractivity contribution < 1.29 is 22.7 Å². The topological polar surface area (TPSA) is 84.9 Å². The molecule has 0 aliphatic carbocycles. The molecule has 0 heterocycles. The van der Waals surface area contributed by atoms with Crippen LogP contribution in [0.5, 0.6) is 11.5 Å². The van der Waals surface area contributed by atoms with Crippen molar-refractivity contribution in [1.82, 2.24) is 0 Å². The van der Waals surface area contributed by atoms with Crippen LogP contribution in [0.2, 0.25) is 5.02 Å². The summed E-state index contributed by atoms with van der Waals surface area (Å²) in [5, 5.41) is 3.26. The summed E-state index contributed by atoms with van der Waals surface area (Å²) in [6, 6.07) is 25.2. The van der Waals surface area contributed by atoms with Gasteiger partial charge in [-0.05, 0) is 66.6 Å². The number of halogens is 1. The normalized spacial score (nSPS) is 11.1. The first-order valence-electron chi connectivity index (χ1n) is 11.7. The van der Waals surface area contributed by atoms with Gasteiger partial charge in [0.2, 0.25) is 0 Å². The third-order valence-electron chi connectivity index (χ3n) is 5.97. The van der Waals surface area contributed by atoms with Crippen molar-refractivity contribution in [2.45, 2.75) is 18.4 Å². The average molecular weight is 551 g/mol. The van der Waals surface area contributed by atoms with Crippen LogP contribution in [-0.4, -0.2) is 28.5 Å². The van der Waals surface area contributed by atoms with Crippen LogP contribution in [0.1, 0.15) is 21.5 Å². The Morgan fingerprint density at radius 2 is 1.61 bits per heavy atom. The Morgan fingerprint density at radius 1 is 0.895 bits per heavy atom. The molecule has 0 aliphatic heterocycles. The maximum Gasteiger partial charge on any atom is 0.264 e. The van der Waals surface area contributed by atoms with Gasteiger partial charge >= 0.3 is 0 Å². The van der Waals surface area contributed by atoms with Crippen LogP contribution in [0, 0.1) is 6.92 Å². The van der Waals surface area contributed by atoms with Crippen molar-refractivity contribution in [2.75, 3.05) is 23.8 Å². The molecule has 196 valence electrons. The van der Waals surface area contributed by atoms with E-state index in [-0.39, 0.29) is 17.3 Å². The molecule has 4 rings (SSSR count). The summed E-state index contributed by atoms with van der Waals surface area (Å²) in [7, 11) is -0.846. The minimum atomic E-state index is -3.90. The Morgan fingerprint density at radius 3 is 2.26 bits per heavy atom. The Bertz CT molecular complexity index is 1540. The number of rotatable bonds is 9. The standard InChI is InChI=1S/C29H27ClN2O5S/c1-20-9-14-23(30)17-27(20)32(38(34,35)25-7-5-4-6-8-25)19-21-10-12-22(13-11-21)29(33)31-26-18-24(36-2)15-16-28(26)37-3/h4-18H,19H2,1-3H3,(H,31,33). The van der Waals surface area contributed by atoms with Crippen LogP contribution in [0.4, 0.5) is 11.4 Å². The van der Waals surface area contributed by atoms with Gasteiger partial charge in [0.15, 0.2) is 0 Å². The molecule has 0 fully saturated rings. The summed E-state index contributed by atoms with van der Waals surface area (Å²) in [6.45, 7) is 1.88. The minimum Gasteiger partial charge on any atom is -0.497 e. The molecule has 0 unspecified atom stereocenters. The molecule has 1 N–H and O–H groups in total. The average Bonchev–Trinajstić information content (AvgIpc) is 2.93. The van der Waals surface area contributed by atoms with E-state index in [1.807, 2.05) is 6.92 Å². The highest BCUT2D eigenvalue weighted by Gasteiger charge is 2.26. The largest absolute Gasteiger partial charge is 0.497 e. The van der Waals surface area contributed by atoms with Gasteiger partial charge in [0.1, 0.15) is 11.5 Å². The van der Waals surface area contributed by atoms with Crippen molar-refractivity contribution in [3.05, 3.63) is 113 Å². The van der Waals surface area contributed by atoms with Crippen LogP contribution in [-0.2, 0) is 16.6 Å². The third-order valence-corrected chi connectivity index (χ3v) is 7.98. The lowest BCUT2D eigenvalue weighted by Gasteiger charge is -2.26. The Labute approximate surface area is 227 Å². The smallest absolute Gasteiger partial charge is 0.264 e. The number of nitrogens with one attached hydrogen (secondary N) is 1. The number of carbonyl (C=O) groups is 1. The summed E-state index contributed by atoms with van der Waals surface area (Å²) in [6.07, 6.45) is 0. The van der Waals surface area contributed by atoms with Gasteiger partial charge in [0.05, 0.1) is 37.0 Å². The van der Waals surface area contributed by atoms with E-state index in [1.54, 1.807) is 91.0 Å². The number of aryl methyl sites for hydroxylation is 1. The first-order chi connectivity index (χ1) is 18.2. The highest BCUT2D eigenvalue weighted by atomic mass is 35.5. The molecule has 9 heteroatoms. The molecule has 0 bridgehead atoms. The molecule has 0 aliphatic rings. The minimum absolute atomic E-state index is 0.0457. The van der Waals surface area contributed by atoms with Gasteiger partial charge in [-0.2, -0.15) is 0 Å². The summed E-state index contributed by atoms with van der Waals surface area (Å²) in [4.78, 5) is 13.1. The predicted octanol–water partition coefficient (Wildman–Crippen LogP) is 6.31. The molecular weight excluding hydrogens is 524 g/mol. The molecule has 0 atom stereocenters. The van der Waals surface area contributed by atoms with Crippen molar-refractivity contribution in [1.29, 1.82) is 0 Å². The molecule has 0 saturated carbocycles. The van der Waals surface area contributed by atoms with Crippen molar-refractivity contribution in [3.8, 4) is 11.5 Å². The molecule has 4 aromatic carbocycles. The summed E-state index contributed by atoms with van der Waals surface area (Å²) in [5.74, 6) is 0.726. The molecule has 7 nitrogen and oxygen atoms in total. The van der Waals surface area contributed by atoms with E-state index in [0.29, 0.717) is 39.0 Å². The van der Waals surface area contributed by atoms with Gasteiger partial charge in [0, 0.05) is 16.7 Å². The lowest BCUT2D eigenvalue weighted by molar-refractivity contribution is 0.102. The number of carbonyl (C=O) groups excluding carboxylic acids is 1. The Balaban J connectivity index is 1.62. The summed E-state index contributed by atoms with van der Waals surface area (Å²) >= 11 is 6.24. The fourth-order valence-electron chi connectivity index (χ4n) is 3.90. The van der Waals surface area contributed by atoms with Gasteiger partial charge in [0.25, 0.3) is 15.9 Å². The first kappa shape index (κ1) is 27.0. The lowest BCUT2D eigenvalue weighted by atomic mass is 10.1. The van der Waals surface area contributed by atoms with Gasteiger partial charge < -0.3 is 14.8 Å². The predicted molar refractivity (Wildman–Crippen MR) is 150 cm³/mol. The highest BCUT2D eigenvalue weighted by molar-refractivity contribution is 7.92. The number of hydrogen-bond acceptors (Lipinski definition) is 5. The second-order valence-electron chi connectivity index (χ2n) is 8.47. The van der Waals surface area contributed by atoms with E-state index in [9.17, 15) is 13.2 Å². The number of ether oxygens (including phenoxy) is 2. The molecule has 0 radical (unpaired) electrons. The van der Waals surface area contributed by atoms with Gasteiger partial charge in [-0.1, -0.05) is 48.0 Å². The maximum atomic E-state index is 13.7. The molecule has 0 aromatic heterocycles. The molecule has 4 aromatic rings.